The van der Waals surface area contributed by atoms with Gasteiger partial charge in [-0.25, -0.2) is 22.0 Å². The molecule has 3 aromatic carbocycles. The van der Waals surface area contributed by atoms with Crippen LogP contribution >= 0.6 is 11.3 Å². The predicted octanol–water partition coefficient (Wildman–Crippen LogP) is 10.8. The zero-order valence-corrected chi connectivity index (χ0v) is 40.7. The van der Waals surface area contributed by atoms with E-state index in [1.807, 2.05) is 53.9 Å². The summed E-state index contributed by atoms with van der Waals surface area (Å²) in [6.07, 6.45) is 10.4. The molecule has 0 bridgehead atoms. The second-order valence-electron chi connectivity index (χ2n) is 18.4. The number of likely N-dealkylation sites (tertiary alicyclic amines) is 1. The van der Waals surface area contributed by atoms with E-state index in [2.05, 4.69) is 43.9 Å². The lowest BCUT2D eigenvalue weighted by molar-refractivity contribution is -0.00339. The molecule has 2 saturated heterocycles. The highest BCUT2D eigenvalue weighted by atomic mass is 32.1. The molecule has 1 atom stereocenters. The number of nitrogens with zero attached hydrogens (tertiary/aromatic N) is 3. The molecule has 0 spiro atoms. The van der Waals surface area contributed by atoms with Gasteiger partial charge < -0.3 is 25.0 Å². The SMILES string of the molecule is COc1ccc2ncc(CF)c(CCCC3(C(O)CC#Cc4cc(F)cc(F)c4F)CCNCC3)c2c1.COc1ccc2ncc(CF)c(CCCC3(CO)CCN(CC#Cc4cccs4)CC3)c2c1. The fraction of sp³-hybridized carbons (Fsp3) is 0.429. The van der Waals surface area contributed by atoms with Gasteiger partial charge in [0.1, 0.15) is 30.7 Å². The molecule has 0 aliphatic carbocycles. The molecular formula is C56H61F5N4O4S. The summed E-state index contributed by atoms with van der Waals surface area (Å²) in [7, 11) is 3.22. The molecule has 14 heteroatoms. The standard InChI is InChI=1S/C29H30F4N2O2.C27H31FN2O2S/c1-37-22-7-8-26-24(16-22)23(20(17-30)18-35-26)5-3-9-29(10-12-34-13-11-29)27(36)6-2-4-19-14-21(31)15-25(32)28(19)33;1-32-22-8-9-26-25(17-22)24(21(18-28)19-29-26)7-2-10-27(20-31)11-14-30(15-12-27)13-3-5-23-6-4-16-33-23/h7-8,14-16,18,27,34,36H,3,5-6,9-13,17H2,1H3;4,6,8-9,16-17,19,31H,2,7,10-15,18,20H2,1H3. The van der Waals surface area contributed by atoms with Crippen molar-refractivity contribution in [3.63, 3.8) is 0 Å². The number of ether oxygens (including phenoxy) is 2. The number of rotatable bonds is 16. The Morgan fingerprint density at radius 3 is 1.96 bits per heavy atom. The Balaban J connectivity index is 0.000000208. The van der Waals surface area contributed by atoms with Crippen LogP contribution in [0.1, 0.15) is 90.5 Å². The largest absolute Gasteiger partial charge is 0.497 e. The smallest absolute Gasteiger partial charge is 0.174 e. The van der Waals surface area contributed by atoms with Gasteiger partial charge in [0.15, 0.2) is 11.6 Å². The minimum absolute atomic E-state index is 0.0443. The van der Waals surface area contributed by atoms with Crippen molar-refractivity contribution in [2.45, 2.75) is 90.1 Å². The van der Waals surface area contributed by atoms with Gasteiger partial charge >= 0.3 is 0 Å². The molecular weight excluding hydrogens is 920 g/mol. The molecule has 2 aliphatic rings. The van der Waals surface area contributed by atoms with Crippen molar-refractivity contribution in [1.29, 1.82) is 0 Å². The van der Waals surface area contributed by atoms with Crippen LogP contribution < -0.4 is 14.8 Å². The summed E-state index contributed by atoms with van der Waals surface area (Å²) in [4.78, 5) is 12.3. The van der Waals surface area contributed by atoms with Crippen LogP contribution in [-0.2, 0) is 26.2 Å². The summed E-state index contributed by atoms with van der Waals surface area (Å²) >= 11 is 1.67. The van der Waals surface area contributed by atoms with Gasteiger partial charge in [-0.2, -0.15) is 0 Å². The summed E-state index contributed by atoms with van der Waals surface area (Å²) in [6, 6.07) is 16.7. The number of aliphatic hydroxyl groups is 2. The van der Waals surface area contributed by atoms with Crippen molar-refractivity contribution >= 4 is 33.1 Å². The van der Waals surface area contributed by atoms with E-state index >= 15 is 0 Å². The Hall–Kier alpha value is -5.61. The van der Waals surface area contributed by atoms with Crippen LogP contribution in [0.5, 0.6) is 11.5 Å². The molecule has 2 aliphatic heterocycles. The molecule has 0 amide bonds. The van der Waals surface area contributed by atoms with Crippen LogP contribution in [0.15, 0.2) is 78.4 Å². The highest BCUT2D eigenvalue weighted by Crippen LogP contribution is 2.41. The van der Waals surface area contributed by atoms with Gasteiger partial charge in [0, 0.05) is 53.4 Å². The maximum absolute atomic E-state index is 13.9. The molecule has 0 saturated carbocycles. The molecule has 370 valence electrons. The number of aromatic nitrogens is 2. The van der Waals surface area contributed by atoms with Crippen molar-refractivity contribution in [3.8, 4) is 35.2 Å². The Morgan fingerprint density at radius 2 is 1.40 bits per heavy atom. The molecule has 0 radical (unpaired) electrons. The van der Waals surface area contributed by atoms with Gasteiger partial charge in [-0.1, -0.05) is 29.7 Å². The van der Waals surface area contributed by atoms with E-state index in [0.29, 0.717) is 42.2 Å². The van der Waals surface area contributed by atoms with E-state index in [1.165, 1.54) is 0 Å². The first-order valence-corrected chi connectivity index (χ1v) is 24.8. The zero-order chi connectivity index (χ0) is 49.5. The Bertz CT molecular complexity index is 2800. The molecule has 8 rings (SSSR count). The lowest BCUT2D eigenvalue weighted by atomic mass is 9.69. The average molecular weight is 981 g/mol. The molecule has 6 aromatic rings. The van der Waals surface area contributed by atoms with Crippen LogP contribution in [-0.4, -0.2) is 84.7 Å². The van der Waals surface area contributed by atoms with Crippen LogP contribution in [0, 0.1) is 52.0 Å². The molecule has 3 aromatic heterocycles. The number of hydrogen-bond acceptors (Lipinski definition) is 9. The van der Waals surface area contributed by atoms with Gasteiger partial charge in [0.25, 0.3) is 0 Å². The Labute approximate surface area is 411 Å². The molecule has 2 fully saturated rings. The second kappa shape index (κ2) is 25.0. The number of hydrogen-bond donors (Lipinski definition) is 3. The number of benzene rings is 3. The Morgan fingerprint density at radius 1 is 0.786 bits per heavy atom. The summed E-state index contributed by atoms with van der Waals surface area (Å²) in [5.74, 6) is 9.70. The van der Waals surface area contributed by atoms with Crippen molar-refractivity contribution < 1.29 is 41.6 Å². The van der Waals surface area contributed by atoms with Crippen LogP contribution in [0.3, 0.4) is 0 Å². The van der Waals surface area contributed by atoms with Crippen LogP contribution in [0.25, 0.3) is 21.8 Å². The number of aliphatic hydroxyl groups excluding tert-OH is 2. The quantitative estimate of drug-likeness (QED) is 0.0501. The number of thiophene rings is 1. The monoisotopic (exact) mass is 980 g/mol. The number of methoxy groups -OCH3 is 2. The molecule has 5 heterocycles. The zero-order valence-electron chi connectivity index (χ0n) is 39.9. The van der Waals surface area contributed by atoms with Crippen molar-refractivity contribution in [3.05, 3.63) is 129 Å². The number of halogens is 5. The van der Waals surface area contributed by atoms with Gasteiger partial charge in [0.05, 0.1) is 48.3 Å². The number of fused-ring (bicyclic) bond motifs is 2. The minimum atomic E-state index is -1.30. The van der Waals surface area contributed by atoms with E-state index in [-0.39, 0.29) is 24.0 Å². The fourth-order valence-corrected chi connectivity index (χ4v) is 10.5. The summed E-state index contributed by atoms with van der Waals surface area (Å²) in [6.45, 7) is 3.18. The van der Waals surface area contributed by atoms with E-state index in [0.717, 1.165) is 127 Å². The van der Waals surface area contributed by atoms with Gasteiger partial charge in [-0.3, -0.25) is 14.9 Å². The second-order valence-corrected chi connectivity index (χ2v) is 19.3. The maximum Gasteiger partial charge on any atom is 0.174 e. The molecule has 1 unspecified atom stereocenters. The third-order valence-corrected chi connectivity index (χ3v) is 15.0. The van der Waals surface area contributed by atoms with Crippen LogP contribution in [0.4, 0.5) is 22.0 Å². The van der Waals surface area contributed by atoms with Gasteiger partial charge in [-0.05, 0) is 166 Å². The lowest BCUT2D eigenvalue weighted by Gasteiger charge is -2.41. The van der Waals surface area contributed by atoms with Crippen LogP contribution in [0.2, 0.25) is 0 Å². The number of pyridine rings is 2. The summed E-state index contributed by atoms with van der Waals surface area (Å²) < 4.78 is 79.1. The predicted molar refractivity (Wildman–Crippen MR) is 267 cm³/mol. The average Bonchev–Trinajstić information content (AvgIpc) is 3.92. The van der Waals surface area contributed by atoms with E-state index in [4.69, 9.17) is 9.47 Å². The molecule has 3 N–H and O–H groups in total. The van der Waals surface area contributed by atoms with Gasteiger partial charge in [-0.15, -0.1) is 11.3 Å². The third-order valence-electron chi connectivity index (χ3n) is 14.2. The highest BCUT2D eigenvalue weighted by molar-refractivity contribution is 7.10. The van der Waals surface area contributed by atoms with Crippen molar-refractivity contribution in [1.82, 2.24) is 20.2 Å². The maximum atomic E-state index is 13.9. The van der Waals surface area contributed by atoms with E-state index in [1.54, 1.807) is 38.0 Å². The third kappa shape index (κ3) is 13.0. The number of aryl methyl sites for hydroxylation is 2. The molecule has 70 heavy (non-hydrogen) atoms. The first-order valence-electron chi connectivity index (χ1n) is 23.9. The van der Waals surface area contributed by atoms with Crippen molar-refractivity contribution in [2.24, 2.45) is 10.8 Å². The first kappa shape index (κ1) is 52.2. The Kier molecular flexibility index (Phi) is 18.6. The summed E-state index contributed by atoms with van der Waals surface area (Å²) in [5.41, 5.74) is 3.84. The van der Waals surface area contributed by atoms with Crippen molar-refractivity contribution in [2.75, 3.05) is 53.6 Å². The first-order chi connectivity index (χ1) is 34.0. The lowest BCUT2D eigenvalue weighted by Crippen LogP contribution is -2.44. The number of piperidine rings is 2. The highest BCUT2D eigenvalue weighted by Gasteiger charge is 2.38. The normalized spacial score (nSPS) is 15.8. The topological polar surface area (TPSA) is 100.0 Å². The minimum Gasteiger partial charge on any atom is -0.497 e. The van der Waals surface area contributed by atoms with E-state index < -0.39 is 42.3 Å². The van der Waals surface area contributed by atoms with E-state index in [9.17, 15) is 32.2 Å². The summed E-state index contributed by atoms with van der Waals surface area (Å²) in [5, 5.41) is 28.6. The number of nitrogens with one attached hydrogen (secondary N) is 1. The molecule has 8 nitrogen and oxygen atoms in total. The number of alkyl halides is 2. The van der Waals surface area contributed by atoms with Gasteiger partial charge in [0.2, 0.25) is 0 Å². The fourth-order valence-electron chi connectivity index (χ4n) is 9.91.